The molecule has 0 radical (unpaired) electrons. The molecule has 7 heteroatoms. The van der Waals surface area contributed by atoms with E-state index >= 15 is 0 Å². The van der Waals surface area contributed by atoms with E-state index in [1.54, 1.807) is 49.4 Å². The van der Waals surface area contributed by atoms with Crippen LogP contribution in [0, 0.1) is 6.92 Å². The number of nitrogens with one attached hydrogen (secondary N) is 3. The minimum absolute atomic E-state index is 0.0305. The molecule has 6 nitrogen and oxygen atoms in total. The third-order valence-electron chi connectivity index (χ3n) is 3.43. The van der Waals surface area contributed by atoms with Gasteiger partial charge in [-0.25, -0.2) is 0 Å². The van der Waals surface area contributed by atoms with Crippen LogP contribution in [0.4, 0.5) is 5.69 Å². The lowest BCUT2D eigenvalue weighted by Gasteiger charge is -2.09. The summed E-state index contributed by atoms with van der Waals surface area (Å²) in [6.07, 6.45) is -0.0956. The fraction of sp³-hybridized carbons (Fsp3) is 0.167. The van der Waals surface area contributed by atoms with Gasteiger partial charge in [-0.05, 0) is 30.7 Å². The Balaban J connectivity index is 1.75. The highest BCUT2D eigenvalue weighted by molar-refractivity contribution is 6.33. The van der Waals surface area contributed by atoms with E-state index in [1.165, 1.54) is 0 Å². The number of halogens is 1. The van der Waals surface area contributed by atoms with Crippen molar-refractivity contribution < 1.29 is 14.4 Å². The molecule has 0 saturated carbocycles. The number of hydrazine groups is 1. The Labute approximate surface area is 150 Å². The van der Waals surface area contributed by atoms with Gasteiger partial charge in [-0.3, -0.25) is 25.2 Å². The van der Waals surface area contributed by atoms with Crippen molar-refractivity contribution >= 4 is 35.0 Å². The maximum Gasteiger partial charge on any atom is 0.269 e. The molecule has 0 aliphatic heterocycles. The summed E-state index contributed by atoms with van der Waals surface area (Å²) in [5, 5.41) is 3.05. The van der Waals surface area contributed by atoms with Gasteiger partial charge in [0.15, 0.2) is 0 Å². The van der Waals surface area contributed by atoms with Crippen LogP contribution >= 0.6 is 11.6 Å². The Bertz CT molecular complexity index is 793. The Morgan fingerprint density at radius 1 is 0.880 bits per heavy atom. The standard InChI is InChI=1S/C18H18ClN3O3/c1-12-6-2-3-7-13(12)18(25)22-21-17(24)11-10-16(23)20-15-9-5-4-8-14(15)19/h2-9H,10-11H2,1H3,(H,20,23)(H,21,24)(H,22,25). The van der Waals surface area contributed by atoms with Crippen molar-refractivity contribution in [2.45, 2.75) is 19.8 Å². The topological polar surface area (TPSA) is 87.3 Å². The van der Waals surface area contributed by atoms with Crippen molar-refractivity contribution in [1.82, 2.24) is 10.9 Å². The van der Waals surface area contributed by atoms with Gasteiger partial charge in [0.2, 0.25) is 11.8 Å². The Hall–Kier alpha value is -2.86. The predicted octanol–water partition coefficient (Wildman–Crippen LogP) is 2.83. The number of aryl methyl sites for hydroxylation is 1. The summed E-state index contributed by atoms with van der Waals surface area (Å²) in [7, 11) is 0. The van der Waals surface area contributed by atoms with Crippen molar-refractivity contribution in [3.8, 4) is 0 Å². The van der Waals surface area contributed by atoms with Gasteiger partial charge >= 0.3 is 0 Å². The van der Waals surface area contributed by atoms with Crippen LogP contribution in [0.15, 0.2) is 48.5 Å². The lowest BCUT2D eigenvalue weighted by atomic mass is 10.1. The zero-order chi connectivity index (χ0) is 18.2. The maximum atomic E-state index is 12.0. The highest BCUT2D eigenvalue weighted by atomic mass is 35.5. The number of hydrogen-bond acceptors (Lipinski definition) is 3. The van der Waals surface area contributed by atoms with Crippen molar-refractivity contribution in [3.63, 3.8) is 0 Å². The second-order valence-corrected chi connectivity index (χ2v) is 5.75. The minimum Gasteiger partial charge on any atom is -0.325 e. The maximum absolute atomic E-state index is 12.0. The molecule has 2 rings (SSSR count). The third-order valence-corrected chi connectivity index (χ3v) is 3.76. The van der Waals surface area contributed by atoms with Crippen LogP contribution in [0.1, 0.15) is 28.8 Å². The van der Waals surface area contributed by atoms with Gasteiger partial charge in [0.1, 0.15) is 0 Å². The molecule has 0 unspecified atom stereocenters. The second-order valence-electron chi connectivity index (χ2n) is 5.35. The number of benzene rings is 2. The van der Waals surface area contributed by atoms with Gasteiger partial charge in [0.25, 0.3) is 5.91 Å². The number of para-hydroxylation sites is 1. The molecule has 0 aromatic heterocycles. The van der Waals surface area contributed by atoms with Gasteiger partial charge in [-0.2, -0.15) is 0 Å². The van der Waals surface area contributed by atoms with E-state index in [0.717, 1.165) is 5.56 Å². The average molecular weight is 360 g/mol. The molecule has 0 aliphatic carbocycles. The van der Waals surface area contributed by atoms with E-state index in [2.05, 4.69) is 16.2 Å². The molecule has 2 aromatic rings. The van der Waals surface area contributed by atoms with Crippen molar-refractivity contribution in [2.24, 2.45) is 0 Å². The summed E-state index contributed by atoms with van der Waals surface area (Å²) in [6, 6.07) is 13.8. The Morgan fingerprint density at radius 2 is 1.52 bits per heavy atom. The van der Waals surface area contributed by atoms with Gasteiger partial charge in [0, 0.05) is 18.4 Å². The first-order chi connectivity index (χ1) is 12.0. The van der Waals surface area contributed by atoms with Crippen LogP contribution in [0.2, 0.25) is 5.02 Å². The summed E-state index contributed by atoms with van der Waals surface area (Å²) in [6.45, 7) is 1.80. The number of hydrogen-bond donors (Lipinski definition) is 3. The van der Waals surface area contributed by atoms with E-state index in [-0.39, 0.29) is 18.7 Å². The van der Waals surface area contributed by atoms with Crippen LogP contribution in [0.5, 0.6) is 0 Å². The monoisotopic (exact) mass is 359 g/mol. The van der Waals surface area contributed by atoms with Crippen molar-refractivity contribution in [1.29, 1.82) is 0 Å². The molecular formula is C18H18ClN3O3. The molecule has 3 N–H and O–H groups in total. The van der Waals surface area contributed by atoms with E-state index in [4.69, 9.17) is 11.6 Å². The Morgan fingerprint density at radius 3 is 2.24 bits per heavy atom. The lowest BCUT2D eigenvalue weighted by molar-refractivity contribution is -0.124. The SMILES string of the molecule is Cc1ccccc1C(=O)NNC(=O)CCC(=O)Nc1ccccc1Cl. The summed E-state index contributed by atoms with van der Waals surface area (Å²) in [4.78, 5) is 35.6. The number of amides is 3. The number of anilines is 1. The van der Waals surface area contributed by atoms with Gasteiger partial charge in [-0.15, -0.1) is 0 Å². The van der Waals surface area contributed by atoms with Crippen molar-refractivity contribution in [2.75, 3.05) is 5.32 Å². The van der Waals surface area contributed by atoms with Gasteiger partial charge in [-0.1, -0.05) is 41.9 Å². The van der Waals surface area contributed by atoms with Crippen molar-refractivity contribution in [3.05, 3.63) is 64.7 Å². The van der Waals surface area contributed by atoms with E-state index in [9.17, 15) is 14.4 Å². The van der Waals surface area contributed by atoms with Crippen LogP contribution in [-0.4, -0.2) is 17.7 Å². The lowest BCUT2D eigenvalue weighted by Crippen LogP contribution is -2.42. The second kappa shape index (κ2) is 8.84. The van der Waals surface area contributed by atoms with Crippen LogP contribution in [0.25, 0.3) is 0 Å². The quantitative estimate of drug-likeness (QED) is 0.717. The molecule has 0 saturated heterocycles. The summed E-state index contributed by atoms with van der Waals surface area (Å²) < 4.78 is 0. The molecule has 0 atom stereocenters. The minimum atomic E-state index is -0.462. The van der Waals surface area contributed by atoms with E-state index in [0.29, 0.717) is 16.3 Å². The molecule has 130 valence electrons. The predicted molar refractivity (Wildman–Crippen MR) is 96.1 cm³/mol. The number of carbonyl (C=O) groups is 3. The normalized spacial score (nSPS) is 10.0. The van der Waals surface area contributed by atoms with E-state index < -0.39 is 11.8 Å². The fourth-order valence-corrected chi connectivity index (χ4v) is 2.27. The number of carbonyl (C=O) groups excluding carboxylic acids is 3. The average Bonchev–Trinajstić information content (AvgIpc) is 2.60. The molecule has 0 heterocycles. The molecule has 2 aromatic carbocycles. The zero-order valence-electron chi connectivity index (χ0n) is 13.6. The summed E-state index contributed by atoms with van der Waals surface area (Å²) in [5.41, 5.74) is 6.38. The molecule has 3 amide bonds. The molecule has 25 heavy (non-hydrogen) atoms. The molecule has 0 aliphatic rings. The smallest absolute Gasteiger partial charge is 0.269 e. The molecule has 0 fully saturated rings. The highest BCUT2D eigenvalue weighted by Gasteiger charge is 2.11. The largest absolute Gasteiger partial charge is 0.325 e. The van der Waals surface area contributed by atoms with Crippen LogP contribution in [-0.2, 0) is 9.59 Å². The first kappa shape index (κ1) is 18.5. The third kappa shape index (κ3) is 5.61. The fourth-order valence-electron chi connectivity index (χ4n) is 2.09. The Kier molecular flexibility index (Phi) is 6.54. The summed E-state index contributed by atoms with van der Waals surface area (Å²) in [5.74, 6) is -1.21. The highest BCUT2D eigenvalue weighted by Crippen LogP contribution is 2.20. The zero-order valence-corrected chi connectivity index (χ0v) is 14.4. The van der Waals surface area contributed by atoms with Crippen LogP contribution in [0.3, 0.4) is 0 Å². The van der Waals surface area contributed by atoms with Gasteiger partial charge < -0.3 is 5.32 Å². The molecular weight excluding hydrogens is 342 g/mol. The van der Waals surface area contributed by atoms with Crippen LogP contribution < -0.4 is 16.2 Å². The first-order valence-electron chi connectivity index (χ1n) is 7.66. The molecule has 0 bridgehead atoms. The first-order valence-corrected chi connectivity index (χ1v) is 8.04. The van der Waals surface area contributed by atoms with E-state index in [1.807, 2.05) is 6.07 Å². The molecule has 0 spiro atoms. The van der Waals surface area contributed by atoms with Gasteiger partial charge in [0.05, 0.1) is 10.7 Å². The summed E-state index contributed by atoms with van der Waals surface area (Å²) >= 11 is 5.95. The number of rotatable bonds is 5.